The maximum Gasteiger partial charge on any atom is 0.348 e. The monoisotopic (exact) mass is 445 g/mol. The molecule has 156 valence electrons. The molecule has 0 unspecified atom stereocenters. The third-order valence-electron chi connectivity index (χ3n) is 3.85. The second kappa shape index (κ2) is 10.0. The smallest absolute Gasteiger partial charge is 0.348 e. The fourth-order valence-electron chi connectivity index (χ4n) is 2.54. The van der Waals surface area contributed by atoms with E-state index in [2.05, 4.69) is 25.8 Å². The summed E-state index contributed by atoms with van der Waals surface area (Å²) in [4.78, 5) is 41.9. The topological polar surface area (TPSA) is 126 Å². The summed E-state index contributed by atoms with van der Waals surface area (Å²) < 4.78 is 5.08. The molecule has 0 bridgehead atoms. The molecule has 0 aliphatic carbocycles. The standard InChI is InChI=1S/C19H19N5O4S2/c1-3-28-18(27)15-11(2)14(16(26)22-12-7-5-4-6-8-12)17(30-15)23-13(25)9-29-19-20-10-21-24-19/h4-8,10H,3,9H2,1-2H3,(H,22,26)(H,23,25)(H,20,21,24). The minimum atomic E-state index is -0.537. The number of carbonyl (C=O) groups excluding carboxylic acids is 3. The molecule has 2 aromatic heterocycles. The molecule has 0 aliphatic heterocycles. The Hall–Kier alpha value is -3.18. The molecule has 0 aliphatic rings. The van der Waals surface area contributed by atoms with Gasteiger partial charge in [-0.2, -0.15) is 5.10 Å². The summed E-state index contributed by atoms with van der Waals surface area (Å²) in [6.07, 6.45) is 1.35. The summed E-state index contributed by atoms with van der Waals surface area (Å²) in [5.41, 5.74) is 1.28. The number of anilines is 2. The van der Waals surface area contributed by atoms with E-state index in [1.54, 1.807) is 38.1 Å². The minimum Gasteiger partial charge on any atom is -0.462 e. The van der Waals surface area contributed by atoms with Crippen LogP contribution in [0.4, 0.5) is 10.7 Å². The molecule has 11 heteroatoms. The molecule has 1 aromatic carbocycles. The van der Waals surface area contributed by atoms with E-state index in [9.17, 15) is 14.4 Å². The van der Waals surface area contributed by atoms with Crippen molar-refractivity contribution in [2.24, 2.45) is 0 Å². The quantitative estimate of drug-likeness (QED) is 0.359. The van der Waals surface area contributed by atoms with Gasteiger partial charge in [-0.25, -0.2) is 9.78 Å². The van der Waals surface area contributed by atoms with Crippen molar-refractivity contribution in [3.63, 3.8) is 0 Å². The maximum absolute atomic E-state index is 12.9. The zero-order valence-electron chi connectivity index (χ0n) is 16.2. The molecule has 2 heterocycles. The van der Waals surface area contributed by atoms with Gasteiger partial charge in [0.25, 0.3) is 5.91 Å². The number of thioether (sulfide) groups is 1. The number of esters is 1. The summed E-state index contributed by atoms with van der Waals surface area (Å²) in [6, 6.07) is 8.92. The summed E-state index contributed by atoms with van der Waals surface area (Å²) in [5, 5.41) is 12.7. The van der Waals surface area contributed by atoms with Crippen molar-refractivity contribution in [2.45, 2.75) is 19.0 Å². The molecule has 2 amide bonds. The van der Waals surface area contributed by atoms with Crippen molar-refractivity contribution >= 4 is 51.6 Å². The van der Waals surface area contributed by atoms with Crippen LogP contribution in [0, 0.1) is 6.92 Å². The number of benzene rings is 1. The van der Waals surface area contributed by atoms with Crippen LogP contribution in [0.15, 0.2) is 41.8 Å². The lowest BCUT2D eigenvalue weighted by Crippen LogP contribution is -2.18. The molecule has 9 nitrogen and oxygen atoms in total. The number of hydrogen-bond acceptors (Lipinski definition) is 8. The van der Waals surface area contributed by atoms with Gasteiger partial charge in [0.1, 0.15) is 16.2 Å². The molecule has 3 aromatic rings. The van der Waals surface area contributed by atoms with Gasteiger partial charge < -0.3 is 15.4 Å². The molecule has 0 atom stereocenters. The van der Waals surface area contributed by atoms with Gasteiger partial charge in [-0.05, 0) is 31.5 Å². The number of aromatic nitrogens is 3. The number of carbonyl (C=O) groups is 3. The van der Waals surface area contributed by atoms with Crippen molar-refractivity contribution in [3.05, 3.63) is 52.7 Å². The fraction of sp³-hybridized carbons (Fsp3) is 0.211. The van der Waals surface area contributed by atoms with Crippen molar-refractivity contribution in [1.29, 1.82) is 0 Å². The number of thiophene rings is 1. The number of hydrogen-bond donors (Lipinski definition) is 3. The predicted octanol–water partition coefficient (Wildman–Crippen LogP) is 3.33. The molecule has 0 fully saturated rings. The average Bonchev–Trinajstić information content (AvgIpc) is 3.35. The number of amides is 2. The van der Waals surface area contributed by atoms with Crippen LogP contribution in [-0.4, -0.2) is 45.3 Å². The second-order valence-electron chi connectivity index (χ2n) is 5.93. The Morgan fingerprint density at radius 1 is 1.20 bits per heavy atom. The lowest BCUT2D eigenvalue weighted by atomic mass is 10.1. The fourth-order valence-corrected chi connectivity index (χ4v) is 4.23. The van der Waals surface area contributed by atoms with Crippen molar-refractivity contribution < 1.29 is 19.1 Å². The Kier molecular flexibility index (Phi) is 7.20. The molecule has 30 heavy (non-hydrogen) atoms. The van der Waals surface area contributed by atoms with Crippen LogP contribution in [0.2, 0.25) is 0 Å². The van der Waals surface area contributed by atoms with E-state index in [-0.39, 0.29) is 33.7 Å². The first kappa shape index (κ1) is 21.5. The highest BCUT2D eigenvalue weighted by Crippen LogP contribution is 2.34. The van der Waals surface area contributed by atoms with Crippen molar-refractivity contribution in [2.75, 3.05) is 23.0 Å². The molecule has 0 radical (unpaired) electrons. The zero-order chi connectivity index (χ0) is 21.5. The van der Waals surface area contributed by atoms with Crippen LogP contribution in [0.5, 0.6) is 0 Å². The lowest BCUT2D eigenvalue weighted by Gasteiger charge is -2.08. The van der Waals surface area contributed by atoms with Crippen LogP contribution in [0.25, 0.3) is 0 Å². The molecule has 3 rings (SSSR count). The van der Waals surface area contributed by atoms with E-state index in [1.807, 2.05) is 6.07 Å². The first-order valence-electron chi connectivity index (χ1n) is 8.94. The SMILES string of the molecule is CCOC(=O)c1sc(NC(=O)CSc2ncn[nH]2)c(C(=O)Nc2ccccc2)c1C. The van der Waals surface area contributed by atoms with E-state index < -0.39 is 11.9 Å². The zero-order valence-corrected chi connectivity index (χ0v) is 17.9. The normalized spacial score (nSPS) is 10.5. The molecular formula is C19H19N5O4S2. The average molecular weight is 446 g/mol. The predicted molar refractivity (Wildman–Crippen MR) is 115 cm³/mol. The number of H-pyrrole nitrogens is 1. The van der Waals surface area contributed by atoms with Gasteiger partial charge in [0.15, 0.2) is 5.16 Å². The van der Waals surface area contributed by atoms with Crippen LogP contribution >= 0.6 is 23.1 Å². The van der Waals surface area contributed by atoms with E-state index in [0.717, 1.165) is 11.3 Å². The highest BCUT2D eigenvalue weighted by molar-refractivity contribution is 7.99. The van der Waals surface area contributed by atoms with Crippen molar-refractivity contribution in [1.82, 2.24) is 15.2 Å². The van der Waals surface area contributed by atoms with Crippen LogP contribution in [0.3, 0.4) is 0 Å². The highest BCUT2D eigenvalue weighted by atomic mass is 32.2. The Labute approximate surface area is 180 Å². The van der Waals surface area contributed by atoms with Gasteiger partial charge in [-0.15, -0.1) is 11.3 Å². The van der Waals surface area contributed by atoms with Crippen molar-refractivity contribution in [3.8, 4) is 0 Å². The highest BCUT2D eigenvalue weighted by Gasteiger charge is 2.26. The first-order valence-corrected chi connectivity index (χ1v) is 10.7. The molecule has 0 saturated heterocycles. The van der Waals surface area contributed by atoms with E-state index in [0.29, 0.717) is 16.4 Å². The lowest BCUT2D eigenvalue weighted by molar-refractivity contribution is -0.113. The second-order valence-corrected chi connectivity index (χ2v) is 7.91. The first-order chi connectivity index (χ1) is 14.5. The van der Waals surface area contributed by atoms with E-state index in [1.165, 1.54) is 18.1 Å². The number of ether oxygens (including phenoxy) is 1. The van der Waals surface area contributed by atoms with E-state index in [4.69, 9.17) is 4.74 Å². The van der Waals surface area contributed by atoms with Crippen LogP contribution in [-0.2, 0) is 9.53 Å². The van der Waals surface area contributed by atoms with E-state index >= 15 is 0 Å². The van der Waals surface area contributed by atoms with Gasteiger partial charge in [0.2, 0.25) is 5.91 Å². The van der Waals surface area contributed by atoms with Gasteiger partial charge >= 0.3 is 5.97 Å². The van der Waals surface area contributed by atoms with Crippen LogP contribution in [0.1, 0.15) is 32.5 Å². The Bertz CT molecular complexity index is 1030. The number of rotatable bonds is 8. The molecular weight excluding hydrogens is 426 g/mol. The molecule has 0 spiro atoms. The Morgan fingerprint density at radius 2 is 1.97 bits per heavy atom. The number of nitrogens with zero attached hydrogens (tertiary/aromatic N) is 2. The summed E-state index contributed by atoms with van der Waals surface area (Å²) in [5.74, 6) is -1.25. The van der Waals surface area contributed by atoms with Gasteiger partial charge in [-0.3, -0.25) is 14.7 Å². The summed E-state index contributed by atoms with van der Waals surface area (Å²) >= 11 is 2.18. The van der Waals surface area contributed by atoms with Gasteiger partial charge in [-0.1, -0.05) is 30.0 Å². The summed E-state index contributed by atoms with van der Waals surface area (Å²) in [6.45, 7) is 3.56. The maximum atomic E-state index is 12.9. The summed E-state index contributed by atoms with van der Waals surface area (Å²) in [7, 11) is 0. The van der Waals surface area contributed by atoms with Crippen LogP contribution < -0.4 is 10.6 Å². The van der Waals surface area contributed by atoms with Gasteiger partial charge in [0, 0.05) is 5.69 Å². The molecule has 3 N–H and O–H groups in total. The Morgan fingerprint density at radius 3 is 2.63 bits per heavy atom. The number of para-hydroxylation sites is 1. The number of nitrogens with one attached hydrogen (secondary N) is 3. The third kappa shape index (κ3) is 5.24. The largest absolute Gasteiger partial charge is 0.462 e. The minimum absolute atomic E-state index is 0.0562. The number of aromatic amines is 1. The third-order valence-corrected chi connectivity index (χ3v) is 5.92. The molecule has 0 saturated carbocycles. The van der Waals surface area contributed by atoms with Gasteiger partial charge in [0.05, 0.1) is 17.9 Å². The Balaban J connectivity index is 1.83.